The molecule has 0 aromatic heterocycles. The Labute approximate surface area is 99.2 Å². The lowest BCUT2D eigenvalue weighted by molar-refractivity contribution is 0.175. The maximum Gasteiger partial charge on any atom is 0.0105 e. The third-order valence-corrected chi connectivity index (χ3v) is 4.28. The lowest BCUT2D eigenvalue weighted by Crippen LogP contribution is -2.45. The van der Waals surface area contributed by atoms with E-state index in [0.29, 0.717) is 0 Å². The molecular formula is C12H26N2S. The first-order chi connectivity index (χ1) is 7.25. The van der Waals surface area contributed by atoms with E-state index in [-0.39, 0.29) is 0 Å². The summed E-state index contributed by atoms with van der Waals surface area (Å²) in [4.78, 5) is 2.65. The summed E-state index contributed by atoms with van der Waals surface area (Å²) in [5.41, 5.74) is 0. The molecule has 0 aromatic rings. The Balaban J connectivity index is 2.21. The van der Waals surface area contributed by atoms with Crippen LogP contribution in [0.2, 0.25) is 0 Å². The van der Waals surface area contributed by atoms with Crippen LogP contribution in [-0.2, 0) is 0 Å². The zero-order chi connectivity index (χ0) is 11.1. The van der Waals surface area contributed by atoms with Crippen LogP contribution in [-0.4, -0.2) is 48.6 Å². The Morgan fingerprint density at radius 1 is 1.27 bits per heavy atom. The van der Waals surface area contributed by atoms with Crippen LogP contribution in [0, 0.1) is 5.92 Å². The molecule has 15 heavy (non-hydrogen) atoms. The van der Waals surface area contributed by atoms with Gasteiger partial charge in [0, 0.05) is 30.6 Å². The van der Waals surface area contributed by atoms with Crippen LogP contribution in [0.4, 0.5) is 0 Å². The monoisotopic (exact) mass is 230 g/mol. The van der Waals surface area contributed by atoms with E-state index in [9.17, 15) is 0 Å². The normalized spacial score (nSPS) is 22.6. The van der Waals surface area contributed by atoms with Gasteiger partial charge in [0.15, 0.2) is 0 Å². The molecule has 90 valence electrons. The molecule has 0 bridgehead atoms. The van der Waals surface area contributed by atoms with Gasteiger partial charge in [-0.2, -0.15) is 11.8 Å². The number of nitrogens with one attached hydrogen (secondary N) is 1. The number of rotatable bonds is 6. The molecule has 0 radical (unpaired) electrons. The summed E-state index contributed by atoms with van der Waals surface area (Å²) in [6.45, 7) is 11.9. The van der Waals surface area contributed by atoms with Crippen molar-refractivity contribution in [3.63, 3.8) is 0 Å². The Bertz CT molecular complexity index is 158. The van der Waals surface area contributed by atoms with E-state index in [4.69, 9.17) is 0 Å². The highest BCUT2D eigenvalue weighted by atomic mass is 32.2. The first-order valence-corrected chi connectivity index (χ1v) is 7.43. The highest BCUT2D eigenvalue weighted by Crippen LogP contribution is 2.16. The van der Waals surface area contributed by atoms with E-state index in [1.54, 1.807) is 0 Å². The molecule has 1 heterocycles. The van der Waals surface area contributed by atoms with E-state index in [1.807, 2.05) is 0 Å². The molecule has 2 nitrogen and oxygen atoms in total. The van der Waals surface area contributed by atoms with Gasteiger partial charge in [-0.05, 0) is 32.4 Å². The Kier molecular flexibility index (Phi) is 6.69. The zero-order valence-electron chi connectivity index (χ0n) is 10.5. The molecular weight excluding hydrogens is 204 g/mol. The van der Waals surface area contributed by atoms with E-state index < -0.39 is 0 Å². The van der Waals surface area contributed by atoms with Gasteiger partial charge in [-0.15, -0.1) is 0 Å². The summed E-state index contributed by atoms with van der Waals surface area (Å²) in [5, 5.41) is 3.52. The van der Waals surface area contributed by atoms with Crippen LogP contribution in [0.25, 0.3) is 0 Å². The number of thioether (sulfide) groups is 1. The second-order valence-corrected chi connectivity index (χ2v) is 5.80. The quantitative estimate of drug-likeness (QED) is 0.703. The number of hydrogen-bond acceptors (Lipinski definition) is 3. The molecule has 0 amide bonds. The van der Waals surface area contributed by atoms with Crippen LogP contribution >= 0.6 is 11.8 Å². The van der Waals surface area contributed by atoms with E-state index >= 15 is 0 Å². The van der Waals surface area contributed by atoms with Gasteiger partial charge in [0.2, 0.25) is 0 Å². The fraction of sp³-hybridized carbons (Fsp3) is 1.00. The van der Waals surface area contributed by atoms with Crippen molar-refractivity contribution in [2.45, 2.75) is 33.2 Å². The average molecular weight is 230 g/mol. The average Bonchev–Trinajstić information content (AvgIpc) is 2.29. The van der Waals surface area contributed by atoms with Gasteiger partial charge >= 0.3 is 0 Å². The van der Waals surface area contributed by atoms with Crippen LogP contribution in [0.15, 0.2) is 0 Å². The smallest absolute Gasteiger partial charge is 0.0105 e. The van der Waals surface area contributed by atoms with Crippen LogP contribution < -0.4 is 5.32 Å². The molecule has 2 unspecified atom stereocenters. The summed E-state index contributed by atoms with van der Waals surface area (Å²) in [6, 6.07) is 0.732. The summed E-state index contributed by atoms with van der Waals surface area (Å²) >= 11 is 2.09. The summed E-state index contributed by atoms with van der Waals surface area (Å²) < 4.78 is 0. The fourth-order valence-electron chi connectivity index (χ4n) is 2.02. The summed E-state index contributed by atoms with van der Waals surface area (Å²) in [5.74, 6) is 3.40. The molecule has 0 aromatic carbocycles. The molecule has 1 saturated heterocycles. The molecule has 0 spiro atoms. The standard InChI is InChI=1S/C12H26N2S/c1-4-5-13-10-11(2)12(3)14-6-8-15-9-7-14/h11-13H,4-10H2,1-3H3. The van der Waals surface area contributed by atoms with E-state index in [2.05, 4.69) is 42.7 Å². The largest absolute Gasteiger partial charge is 0.316 e. The predicted molar refractivity (Wildman–Crippen MR) is 70.7 cm³/mol. The minimum Gasteiger partial charge on any atom is -0.316 e. The maximum atomic E-state index is 3.52. The predicted octanol–water partition coefficient (Wildman–Crippen LogP) is 2.06. The van der Waals surface area contributed by atoms with Crippen molar-refractivity contribution in [2.24, 2.45) is 5.92 Å². The van der Waals surface area contributed by atoms with Gasteiger partial charge in [0.1, 0.15) is 0 Å². The molecule has 1 aliphatic heterocycles. The minimum atomic E-state index is 0.732. The number of hydrogen-bond donors (Lipinski definition) is 1. The third kappa shape index (κ3) is 4.75. The van der Waals surface area contributed by atoms with Crippen molar-refractivity contribution in [3.8, 4) is 0 Å². The third-order valence-electron chi connectivity index (χ3n) is 3.34. The molecule has 3 heteroatoms. The van der Waals surface area contributed by atoms with Gasteiger partial charge in [0.25, 0.3) is 0 Å². The second kappa shape index (κ2) is 7.53. The SMILES string of the molecule is CCCNCC(C)C(C)N1CCSCC1. The second-order valence-electron chi connectivity index (χ2n) is 4.57. The molecule has 1 rings (SSSR count). The van der Waals surface area contributed by atoms with Gasteiger partial charge in [0.05, 0.1) is 0 Å². The molecule has 1 fully saturated rings. The maximum absolute atomic E-state index is 3.52. The summed E-state index contributed by atoms with van der Waals surface area (Å²) in [6.07, 6.45) is 1.24. The summed E-state index contributed by atoms with van der Waals surface area (Å²) in [7, 11) is 0. The van der Waals surface area contributed by atoms with E-state index in [1.165, 1.54) is 37.6 Å². The van der Waals surface area contributed by atoms with Crippen LogP contribution in [0.3, 0.4) is 0 Å². The highest BCUT2D eigenvalue weighted by molar-refractivity contribution is 7.99. The highest BCUT2D eigenvalue weighted by Gasteiger charge is 2.21. The Hall–Kier alpha value is 0.270. The lowest BCUT2D eigenvalue weighted by Gasteiger charge is -2.35. The van der Waals surface area contributed by atoms with Gasteiger partial charge in [-0.3, -0.25) is 4.90 Å². The van der Waals surface area contributed by atoms with E-state index in [0.717, 1.165) is 18.5 Å². The number of nitrogens with zero attached hydrogens (tertiary/aromatic N) is 1. The van der Waals surface area contributed by atoms with Crippen molar-refractivity contribution in [2.75, 3.05) is 37.7 Å². The van der Waals surface area contributed by atoms with Crippen molar-refractivity contribution >= 4 is 11.8 Å². The topological polar surface area (TPSA) is 15.3 Å². The van der Waals surface area contributed by atoms with Gasteiger partial charge in [-0.25, -0.2) is 0 Å². The first-order valence-electron chi connectivity index (χ1n) is 6.28. The Morgan fingerprint density at radius 3 is 2.53 bits per heavy atom. The van der Waals surface area contributed by atoms with Crippen LogP contribution in [0.1, 0.15) is 27.2 Å². The fourth-order valence-corrected chi connectivity index (χ4v) is 2.95. The van der Waals surface area contributed by atoms with Crippen molar-refractivity contribution in [1.82, 2.24) is 10.2 Å². The van der Waals surface area contributed by atoms with Crippen molar-refractivity contribution < 1.29 is 0 Å². The molecule has 1 N–H and O–H groups in total. The molecule has 0 aliphatic carbocycles. The van der Waals surface area contributed by atoms with Crippen molar-refractivity contribution in [3.05, 3.63) is 0 Å². The van der Waals surface area contributed by atoms with Gasteiger partial charge < -0.3 is 5.32 Å². The minimum absolute atomic E-state index is 0.732. The zero-order valence-corrected chi connectivity index (χ0v) is 11.3. The van der Waals surface area contributed by atoms with Crippen molar-refractivity contribution in [1.29, 1.82) is 0 Å². The molecule has 1 aliphatic rings. The van der Waals surface area contributed by atoms with Crippen LogP contribution in [0.5, 0.6) is 0 Å². The molecule has 0 saturated carbocycles. The first kappa shape index (κ1) is 13.3. The van der Waals surface area contributed by atoms with Gasteiger partial charge in [-0.1, -0.05) is 13.8 Å². The lowest BCUT2D eigenvalue weighted by atomic mass is 10.0. The Morgan fingerprint density at radius 2 is 1.93 bits per heavy atom. The molecule has 2 atom stereocenters.